The van der Waals surface area contributed by atoms with Crippen molar-refractivity contribution in [2.45, 2.75) is 0 Å². The molecule has 0 aliphatic heterocycles. The standard InChI is InChI=1S/C5H2ClFN2O2/c6-3-1-5(9(10)11)8-2-4(3)7/h1-2H. The molecule has 1 heterocycles. The number of rotatable bonds is 1. The Balaban J connectivity index is 3.15. The quantitative estimate of drug-likeness (QED) is 0.484. The van der Waals surface area contributed by atoms with Gasteiger partial charge in [-0.3, -0.25) is 0 Å². The van der Waals surface area contributed by atoms with Crippen molar-refractivity contribution >= 4 is 17.4 Å². The number of pyridine rings is 1. The molecule has 58 valence electrons. The maximum Gasteiger partial charge on any atom is 0.365 e. The molecule has 1 rings (SSSR count). The Kier molecular flexibility index (Phi) is 2.00. The lowest BCUT2D eigenvalue weighted by atomic mass is 10.4. The average Bonchev–Trinajstić information content (AvgIpc) is 1.94. The van der Waals surface area contributed by atoms with Crippen molar-refractivity contribution in [3.05, 3.63) is 33.2 Å². The number of halogens is 2. The summed E-state index contributed by atoms with van der Waals surface area (Å²) in [7, 11) is 0. The molecule has 0 radical (unpaired) electrons. The maximum atomic E-state index is 12.3. The molecule has 0 unspecified atom stereocenters. The third kappa shape index (κ3) is 1.62. The summed E-state index contributed by atoms with van der Waals surface area (Å²) < 4.78 is 12.3. The number of aromatic nitrogens is 1. The van der Waals surface area contributed by atoms with Gasteiger partial charge >= 0.3 is 5.82 Å². The predicted molar refractivity (Wildman–Crippen MR) is 35.9 cm³/mol. The van der Waals surface area contributed by atoms with Crippen LogP contribution in [-0.2, 0) is 0 Å². The maximum absolute atomic E-state index is 12.3. The fourth-order valence-corrected chi connectivity index (χ4v) is 0.650. The second-order valence-corrected chi connectivity index (χ2v) is 2.12. The lowest BCUT2D eigenvalue weighted by Crippen LogP contribution is -1.92. The molecule has 0 N–H and O–H groups in total. The summed E-state index contributed by atoms with van der Waals surface area (Å²) in [6.45, 7) is 0. The third-order valence-electron chi connectivity index (χ3n) is 0.981. The summed E-state index contributed by atoms with van der Waals surface area (Å²) in [5.41, 5.74) is 0. The van der Waals surface area contributed by atoms with Gasteiger partial charge in [0.15, 0.2) is 12.0 Å². The molecule has 0 spiro atoms. The third-order valence-corrected chi connectivity index (χ3v) is 1.27. The van der Waals surface area contributed by atoms with Gasteiger partial charge in [0, 0.05) is 0 Å². The van der Waals surface area contributed by atoms with Gasteiger partial charge in [0.1, 0.15) is 0 Å². The second-order valence-electron chi connectivity index (χ2n) is 1.71. The largest absolute Gasteiger partial charge is 0.365 e. The van der Waals surface area contributed by atoms with Gasteiger partial charge in [-0.15, -0.1) is 0 Å². The zero-order valence-corrected chi connectivity index (χ0v) is 5.88. The van der Waals surface area contributed by atoms with Crippen molar-refractivity contribution < 1.29 is 9.31 Å². The summed E-state index contributed by atoms with van der Waals surface area (Å²) >= 11 is 5.24. The van der Waals surface area contributed by atoms with E-state index in [0.717, 1.165) is 6.07 Å². The molecule has 0 aliphatic carbocycles. The van der Waals surface area contributed by atoms with Gasteiger partial charge in [-0.25, -0.2) is 4.39 Å². The molecule has 1 aromatic rings. The Bertz CT molecular complexity index is 305. The molecule has 0 saturated heterocycles. The van der Waals surface area contributed by atoms with Crippen LogP contribution in [0.25, 0.3) is 0 Å². The van der Waals surface area contributed by atoms with E-state index in [-0.39, 0.29) is 5.02 Å². The highest BCUT2D eigenvalue weighted by Crippen LogP contribution is 2.17. The lowest BCUT2D eigenvalue weighted by molar-refractivity contribution is -0.389. The van der Waals surface area contributed by atoms with E-state index in [1.165, 1.54) is 0 Å². The highest BCUT2D eigenvalue weighted by Gasteiger charge is 2.10. The summed E-state index contributed by atoms with van der Waals surface area (Å²) in [6, 6.07) is 0.858. The van der Waals surface area contributed by atoms with Crippen molar-refractivity contribution in [3.63, 3.8) is 0 Å². The first-order valence-electron chi connectivity index (χ1n) is 2.56. The monoisotopic (exact) mass is 176 g/mol. The van der Waals surface area contributed by atoms with E-state index in [2.05, 4.69) is 4.98 Å². The Labute approximate surface area is 65.8 Å². The first-order valence-corrected chi connectivity index (χ1v) is 2.94. The number of hydrogen-bond donors (Lipinski definition) is 0. The van der Waals surface area contributed by atoms with E-state index in [9.17, 15) is 14.5 Å². The van der Waals surface area contributed by atoms with Crippen LogP contribution in [-0.4, -0.2) is 9.91 Å². The van der Waals surface area contributed by atoms with E-state index in [1.807, 2.05) is 0 Å². The van der Waals surface area contributed by atoms with Gasteiger partial charge in [-0.2, -0.15) is 0 Å². The summed E-state index contributed by atoms with van der Waals surface area (Å²) in [5.74, 6) is -1.23. The van der Waals surface area contributed by atoms with Crippen LogP contribution >= 0.6 is 11.6 Å². The second kappa shape index (κ2) is 2.79. The van der Waals surface area contributed by atoms with Crippen molar-refractivity contribution in [2.24, 2.45) is 0 Å². The smallest absolute Gasteiger partial charge is 0.358 e. The number of nitrogens with zero attached hydrogens (tertiary/aromatic N) is 2. The van der Waals surface area contributed by atoms with Gasteiger partial charge in [-0.1, -0.05) is 11.6 Å². The normalized spacial score (nSPS) is 9.64. The molecule has 0 saturated carbocycles. The first-order chi connectivity index (χ1) is 5.11. The molecule has 0 atom stereocenters. The van der Waals surface area contributed by atoms with Gasteiger partial charge < -0.3 is 10.1 Å². The zero-order chi connectivity index (χ0) is 8.43. The van der Waals surface area contributed by atoms with E-state index in [4.69, 9.17) is 11.6 Å². The Hall–Kier alpha value is -1.23. The Morgan fingerprint density at radius 2 is 2.36 bits per heavy atom. The fourth-order valence-electron chi connectivity index (χ4n) is 0.504. The van der Waals surface area contributed by atoms with Crippen molar-refractivity contribution in [1.82, 2.24) is 4.98 Å². The van der Waals surface area contributed by atoms with E-state index in [0.29, 0.717) is 6.20 Å². The average molecular weight is 177 g/mol. The van der Waals surface area contributed by atoms with Crippen molar-refractivity contribution in [3.8, 4) is 0 Å². The van der Waals surface area contributed by atoms with Crippen LogP contribution in [0.5, 0.6) is 0 Å². The van der Waals surface area contributed by atoms with E-state index < -0.39 is 16.6 Å². The molecule has 1 aromatic heterocycles. The predicted octanol–water partition coefficient (Wildman–Crippen LogP) is 1.78. The molecule has 0 fully saturated rings. The molecule has 0 aromatic carbocycles. The molecule has 6 heteroatoms. The first kappa shape index (κ1) is 7.87. The topological polar surface area (TPSA) is 56.0 Å². The van der Waals surface area contributed by atoms with Crippen molar-refractivity contribution in [1.29, 1.82) is 0 Å². The molecule has 4 nitrogen and oxygen atoms in total. The van der Waals surface area contributed by atoms with Gasteiger partial charge in [0.25, 0.3) is 0 Å². The van der Waals surface area contributed by atoms with Gasteiger partial charge in [0.2, 0.25) is 0 Å². The van der Waals surface area contributed by atoms with Gasteiger partial charge in [-0.05, 0) is 9.91 Å². The van der Waals surface area contributed by atoms with Crippen LogP contribution < -0.4 is 0 Å². The van der Waals surface area contributed by atoms with Gasteiger partial charge in [0.05, 0.1) is 11.1 Å². The minimum Gasteiger partial charge on any atom is -0.358 e. The Morgan fingerprint density at radius 1 is 1.73 bits per heavy atom. The fraction of sp³-hybridized carbons (Fsp3) is 0. The minimum atomic E-state index is -0.766. The molecule has 0 amide bonds. The molecule has 0 bridgehead atoms. The van der Waals surface area contributed by atoms with E-state index in [1.54, 1.807) is 0 Å². The summed E-state index contributed by atoms with van der Waals surface area (Å²) in [5, 5.41) is 9.73. The van der Waals surface area contributed by atoms with Crippen LogP contribution in [0, 0.1) is 15.9 Å². The molecular weight excluding hydrogens is 175 g/mol. The van der Waals surface area contributed by atoms with Crippen LogP contribution in [0.1, 0.15) is 0 Å². The SMILES string of the molecule is O=[N+]([O-])c1cc(Cl)c(F)cn1. The minimum absolute atomic E-state index is 0.299. The summed E-state index contributed by atoms with van der Waals surface area (Å²) in [6.07, 6.45) is 0.709. The van der Waals surface area contributed by atoms with Crippen molar-refractivity contribution in [2.75, 3.05) is 0 Å². The molecular formula is C5H2ClFN2O2. The Morgan fingerprint density at radius 3 is 2.82 bits per heavy atom. The van der Waals surface area contributed by atoms with Crippen LogP contribution in [0.4, 0.5) is 10.2 Å². The summed E-state index contributed by atoms with van der Waals surface area (Å²) in [4.78, 5) is 12.5. The van der Waals surface area contributed by atoms with E-state index >= 15 is 0 Å². The molecule has 0 aliphatic rings. The van der Waals surface area contributed by atoms with Crippen LogP contribution in [0.15, 0.2) is 12.3 Å². The number of hydrogen-bond acceptors (Lipinski definition) is 3. The molecule has 11 heavy (non-hydrogen) atoms. The number of nitro groups is 1. The van der Waals surface area contributed by atoms with Crippen LogP contribution in [0.2, 0.25) is 5.02 Å². The highest BCUT2D eigenvalue weighted by molar-refractivity contribution is 6.30. The zero-order valence-electron chi connectivity index (χ0n) is 5.12. The highest BCUT2D eigenvalue weighted by atomic mass is 35.5. The van der Waals surface area contributed by atoms with Crippen LogP contribution in [0.3, 0.4) is 0 Å². The lowest BCUT2D eigenvalue weighted by Gasteiger charge is -1.91.